The number of benzene rings is 3. The molecule has 4 aromatic rings. The van der Waals surface area contributed by atoms with E-state index < -0.39 is 0 Å². The molecule has 2 heterocycles. The van der Waals surface area contributed by atoms with E-state index >= 15 is 0 Å². The molecule has 3 aromatic carbocycles. The van der Waals surface area contributed by atoms with E-state index in [4.69, 9.17) is 4.74 Å². The van der Waals surface area contributed by atoms with Gasteiger partial charge >= 0.3 is 0 Å². The molecule has 0 amide bonds. The maximum absolute atomic E-state index is 6.11. The Balaban J connectivity index is 1.52. The van der Waals surface area contributed by atoms with Gasteiger partial charge in [0.25, 0.3) is 0 Å². The number of fused-ring (bicyclic) bond motifs is 6. The Labute approximate surface area is 164 Å². The Bertz CT molecular complexity index is 1290. The van der Waals surface area contributed by atoms with E-state index in [9.17, 15) is 0 Å². The Morgan fingerprint density at radius 1 is 0.821 bits per heavy atom. The minimum absolute atomic E-state index is 0.139. The monoisotopic (exact) mass is 363 g/mol. The lowest BCUT2D eigenvalue weighted by molar-refractivity contribution is 0.269. The number of allylic oxidation sites excluding steroid dienone is 2. The van der Waals surface area contributed by atoms with Gasteiger partial charge < -0.3 is 9.30 Å². The van der Waals surface area contributed by atoms with Crippen molar-refractivity contribution >= 4 is 21.8 Å². The van der Waals surface area contributed by atoms with Gasteiger partial charge in [-0.3, -0.25) is 0 Å². The third-order valence-corrected chi connectivity index (χ3v) is 6.14. The molecule has 2 atom stereocenters. The SMILES string of the molecule is CCn1c2ccccc2c2cc(-c3ccc4c(c3)C3C=CC=CC3O4)ccc21. The molecule has 2 aliphatic rings. The maximum atomic E-state index is 6.11. The maximum Gasteiger partial charge on any atom is 0.128 e. The Kier molecular flexibility index (Phi) is 3.30. The van der Waals surface area contributed by atoms with Gasteiger partial charge in [0, 0.05) is 39.8 Å². The molecule has 0 fully saturated rings. The first-order valence-electron chi connectivity index (χ1n) is 10.0. The van der Waals surface area contributed by atoms with E-state index in [-0.39, 0.29) is 6.10 Å². The number of hydrogen-bond donors (Lipinski definition) is 0. The van der Waals surface area contributed by atoms with Gasteiger partial charge in [0.15, 0.2) is 0 Å². The highest BCUT2D eigenvalue weighted by Crippen LogP contribution is 2.43. The van der Waals surface area contributed by atoms with Gasteiger partial charge in [0.2, 0.25) is 0 Å². The first kappa shape index (κ1) is 15.8. The van der Waals surface area contributed by atoms with Gasteiger partial charge in [0.05, 0.1) is 0 Å². The molecule has 0 saturated carbocycles. The van der Waals surface area contributed by atoms with Crippen LogP contribution in [-0.2, 0) is 6.54 Å². The third-order valence-electron chi connectivity index (χ3n) is 6.14. The van der Waals surface area contributed by atoms with Gasteiger partial charge in [-0.05, 0) is 54.5 Å². The highest BCUT2D eigenvalue weighted by molar-refractivity contribution is 6.09. The summed E-state index contributed by atoms with van der Waals surface area (Å²) in [5.41, 5.74) is 6.41. The van der Waals surface area contributed by atoms with Crippen molar-refractivity contribution < 1.29 is 4.74 Å². The van der Waals surface area contributed by atoms with Crippen molar-refractivity contribution in [1.82, 2.24) is 4.57 Å². The first-order chi connectivity index (χ1) is 13.8. The van der Waals surface area contributed by atoms with Crippen LogP contribution in [0.2, 0.25) is 0 Å². The minimum Gasteiger partial charge on any atom is -0.485 e. The smallest absolute Gasteiger partial charge is 0.128 e. The lowest BCUT2D eigenvalue weighted by Crippen LogP contribution is -2.15. The van der Waals surface area contributed by atoms with Crippen LogP contribution in [0.1, 0.15) is 18.4 Å². The number of nitrogens with zero attached hydrogens (tertiary/aromatic N) is 1. The second kappa shape index (κ2) is 5.87. The molecule has 1 aliphatic carbocycles. The number of aryl methyl sites for hydroxylation is 1. The molecule has 6 rings (SSSR count). The predicted molar refractivity (Wildman–Crippen MR) is 116 cm³/mol. The van der Waals surface area contributed by atoms with Crippen LogP contribution in [0.25, 0.3) is 32.9 Å². The normalized spacial score (nSPS) is 19.8. The summed E-state index contributed by atoms with van der Waals surface area (Å²) in [4.78, 5) is 0. The highest BCUT2D eigenvalue weighted by Gasteiger charge is 2.32. The first-order valence-corrected chi connectivity index (χ1v) is 10.0. The van der Waals surface area contributed by atoms with Crippen molar-refractivity contribution in [1.29, 1.82) is 0 Å². The van der Waals surface area contributed by atoms with Crippen molar-refractivity contribution in [2.75, 3.05) is 0 Å². The van der Waals surface area contributed by atoms with Gasteiger partial charge in [-0.15, -0.1) is 0 Å². The fourth-order valence-corrected chi connectivity index (χ4v) is 4.80. The summed E-state index contributed by atoms with van der Waals surface area (Å²) in [6.45, 7) is 3.19. The summed E-state index contributed by atoms with van der Waals surface area (Å²) in [6.07, 6.45) is 8.73. The summed E-state index contributed by atoms with van der Waals surface area (Å²) >= 11 is 0. The molecule has 0 spiro atoms. The fourth-order valence-electron chi connectivity index (χ4n) is 4.80. The average Bonchev–Trinajstić information content (AvgIpc) is 3.28. The van der Waals surface area contributed by atoms with Crippen molar-refractivity contribution in [3.8, 4) is 16.9 Å². The molecule has 1 aliphatic heterocycles. The predicted octanol–water partition coefficient (Wildman–Crippen LogP) is 6.45. The van der Waals surface area contributed by atoms with Crippen LogP contribution in [0.4, 0.5) is 0 Å². The van der Waals surface area contributed by atoms with Crippen LogP contribution < -0.4 is 4.74 Å². The molecule has 0 N–H and O–H groups in total. The minimum atomic E-state index is 0.139. The van der Waals surface area contributed by atoms with Crippen LogP contribution in [0.15, 0.2) is 85.0 Å². The summed E-state index contributed by atoms with van der Waals surface area (Å²) in [6, 6.07) is 22.2. The number of aromatic nitrogens is 1. The van der Waals surface area contributed by atoms with Crippen LogP contribution in [-0.4, -0.2) is 10.7 Å². The Morgan fingerprint density at radius 3 is 2.54 bits per heavy atom. The lowest BCUT2D eigenvalue weighted by Gasteiger charge is -2.14. The number of hydrogen-bond acceptors (Lipinski definition) is 1. The largest absolute Gasteiger partial charge is 0.485 e. The highest BCUT2D eigenvalue weighted by atomic mass is 16.5. The molecule has 2 nitrogen and oxygen atoms in total. The molecule has 2 heteroatoms. The molecule has 28 heavy (non-hydrogen) atoms. The van der Waals surface area contributed by atoms with Crippen LogP contribution in [0.3, 0.4) is 0 Å². The topological polar surface area (TPSA) is 14.2 Å². The lowest BCUT2D eigenvalue weighted by atomic mass is 9.90. The summed E-state index contributed by atoms with van der Waals surface area (Å²) < 4.78 is 8.50. The van der Waals surface area contributed by atoms with Crippen LogP contribution in [0.5, 0.6) is 5.75 Å². The number of para-hydroxylation sites is 1. The van der Waals surface area contributed by atoms with Gasteiger partial charge in [-0.25, -0.2) is 0 Å². The van der Waals surface area contributed by atoms with E-state index in [2.05, 4.69) is 96.5 Å². The molecule has 0 saturated heterocycles. The molecule has 1 aromatic heterocycles. The van der Waals surface area contributed by atoms with Crippen molar-refractivity contribution in [3.05, 3.63) is 90.5 Å². The zero-order valence-corrected chi connectivity index (χ0v) is 15.8. The van der Waals surface area contributed by atoms with Crippen LogP contribution in [0, 0.1) is 0 Å². The number of rotatable bonds is 2. The van der Waals surface area contributed by atoms with Gasteiger partial charge in [-0.1, -0.05) is 48.6 Å². The second-order valence-corrected chi connectivity index (χ2v) is 7.62. The van der Waals surface area contributed by atoms with Crippen molar-refractivity contribution in [2.45, 2.75) is 25.5 Å². The Morgan fingerprint density at radius 2 is 1.61 bits per heavy atom. The summed E-state index contributed by atoms with van der Waals surface area (Å²) in [5, 5.41) is 2.65. The van der Waals surface area contributed by atoms with E-state index in [1.807, 2.05) is 0 Å². The molecule has 0 radical (unpaired) electrons. The summed E-state index contributed by atoms with van der Waals surface area (Å²) in [7, 11) is 0. The Hall–Kier alpha value is -3.26. The number of ether oxygens (including phenoxy) is 1. The van der Waals surface area contributed by atoms with E-state index in [0.717, 1.165) is 12.3 Å². The second-order valence-electron chi connectivity index (χ2n) is 7.62. The standard InChI is InChI=1S/C26H21NO/c1-2-27-23-9-5-3-7-19(23)21-15-17(11-13-24(21)27)18-12-14-26-22(16-18)20-8-4-6-10-25(20)28-26/h3-16,20,25H,2H2,1H3. The summed E-state index contributed by atoms with van der Waals surface area (Å²) in [5.74, 6) is 1.34. The van der Waals surface area contributed by atoms with E-state index in [1.54, 1.807) is 0 Å². The third kappa shape index (κ3) is 2.15. The van der Waals surface area contributed by atoms with Gasteiger partial charge in [-0.2, -0.15) is 0 Å². The molecule has 2 unspecified atom stereocenters. The van der Waals surface area contributed by atoms with Crippen molar-refractivity contribution in [3.63, 3.8) is 0 Å². The van der Waals surface area contributed by atoms with Crippen LogP contribution >= 0.6 is 0 Å². The zero-order chi connectivity index (χ0) is 18.7. The van der Waals surface area contributed by atoms with E-state index in [1.165, 1.54) is 38.5 Å². The quantitative estimate of drug-likeness (QED) is 0.399. The average molecular weight is 363 g/mol. The van der Waals surface area contributed by atoms with E-state index in [0.29, 0.717) is 5.92 Å². The fraction of sp³-hybridized carbons (Fsp3) is 0.154. The van der Waals surface area contributed by atoms with Crippen molar-refractivity contribution in [2.24, 2.45) is 0 Å². The molecular weight excluding hydrogens is 342 g/mol. The molecule has 0 bridgehead atoms. The molecule has 136 valence electrons. The molecular formula is C26H21NO. The zero-order valence-electron chi connectivity index (χ0n) is 15.8. The van der Waals surface area contributed by atoms with Gasteiger partial charge in [0.1, 0.15) is 11.9 Å².